The molecule has 0 bridgehead atoms. The number of rotatable bonds is 4. The Bertz CT molecular complexity index is 547. The van der Waals surface area contributed by atoms with Crippen molar-refractivity contribution >= 4 is 11.8 Å². The topological polar surface area (TPSA) is 43.4 Å². The van der Waals surface area contributed by atoms with Crippen LogP contribution in [0.3, 0.4) is 0 Å². The van der Waals surface area contributed by atoms with Crippen molar-refractivity contribution in [2.75, 3.05) is 0 Å². The fraction of sp³-hybridized carbons (Fsp3) is 0.579. The third-order valence-electron chi connectivity index (χ3n) is 4.75. The molecule has 1 aliphatic carbocycles. The predicted octanol–water partition coefficient (Wildman–Crippen LogP) is 4.51. The number of benzene rings is 1. The van der Waals surface area contributed by atoms with Crippen molar-refractivity contribution in [2.45, 2.75) is 53.1 Å². The van der Waals surface area contributed by atoms with Crippen molar-refractivity contribution in [3.8, 4) is 0 Å². The molecule has 0 aromatic heterocycles. The Kier molecular flexibility index (Phi) is 5.38. The van der Waals surface area contributed by atoms with Gasteiger partial charge >= 0.3 is 5.97 Å². The van der Waals surface area contributed by atoms with Gasteiger partial charge < -0.3 is 4.74 Å². The maximum atomic E-state index is 12.5. The minimum absolute atomic E-state index is 0.0451. The first-order valence-electron chi connectivity index (χ1n) is 8.21. The minimum atomic E-state index is -0.365. The molecular formula is C19H26O3. The van der Waals surface area contributed by atoms with E-state index in [1.54, 1.807) is 24.3 Å². The van der Waals surface area contributed by atoms with Crippen LogP contribution in [0.4, 0.5) is 0 Å². The van der Waals surface area contributed by atoms with Gasteiger partial charge in [-0.15, -0.1) is 0 Å². The van der Waals surface area contributed by atoms with Gasteiger partial charge in [0.2, 0.25) is 0 Å². The molecule has 0 N–H and O–H groups in total. The lowest BCUT2D eigenvalue weighted by atomic mass is 9.75. The van der Waals surface area contributed by atoms with E-state index in [-0.39, 0.29) is 17.9 Å². The van der Waals surface area contributed by atoms with E-state index in [0.29, 0.717) is 28.9 Å². The summed E-state index contributed by atoms with van der Waals surface area (Å²) >= 11 is 0. The van der Waals surface area contributed by atoms with Crippen LogP contribution < -0.4 is 0 Å². The lowest BCUT2D eigenvalue weighted by molar-refractivity contribution is -0.0175. The van der Waals surface area contributed by atoms with E-state index in [0.717, 1.165) is 12.8 Å². The van der Waals surface area contributed by atoms with Crippen LogP contribution in [-0.2, 0) is 4.74 Å². The Balaban J connectivity index is 2.18. The Hall–Kier alpha value is -1.64. The molecule has 0 radical (unpaired) electrons. The molecule has 3 heteroatoms. The highest BCUT2D eigenvalue weighted by atomic mass is 16.5. The van der Waals surface area contributed by atoms with E-state index in [2.05, 4.69) is 20.8 Å². The summed E-state index contributed by atoms with van der Waals surface area (Å²) in [6.45, 7) is 8.06. The van der Waals surface area contributed by atoms with Gasteiger partial charge in [0.05, 0.1) is 5.56 Å². The van der Waals surface area contributed by atoms with Crippen LogP contribution in [0.25, 0.3) is 0 Å². The highest BCUT2D eigenvalue weighted by molar-refractivity contribution is 6.05. The quantitative estimate of drug-likeness (QED) is 0.607. The standard InChI is InChI=1S/C19H26O3/c1-12(2)15-10-9-13(3)11-18(15)22-19(21)17-8-6-5-7-16(17)14(4)20/h5-8,12-13,15,18H,9-11H2,1-4H3. The van der Waals surface area contributed by atoms with Gasteiger partial charge in [-0.05, 0) is 43.6 Å². The fourth-order valence-electron chi connectivity index (χ4n) is 3.42. The molecule has 0 aliphatic heterocycles. The molecule has 1 aromatic rings. The summed E-state index contributed by atoms with van der Waals surface area (Å²) in [6, 6.07) is 6.90. The van der Waals surface area contributed by atoms with Crippen molar-refractivity contribution < 1.29 is 14.3 Å². The first kappa shape index (κ1) is 16.7. The number of ether oxygens (including phenoxy) is 1. The summed E-state index contributed by atoms with van der Waals surface area (Å²) in [6.07, 6.45) is 3.17. The molecule has 1 fully saturated rings. The molecule has 2 rings (SSSR count). The summed E-state index contributed by atoms with van der Waals surface area (Å²) in [5.74, 6) is 1.01. The van der Waals surface area contributed by atoms with Crippen molar-refractivity contribution in [1.29, 1.82) is 0 Å². The molecule has 3 nitrogen and oxygen atoms in total. The number of esters is 1. The SMILES string of the molecule is CC(=O)c1ccccc1C(=O)OC1CC(C)CCC1C(C)C. The number of hydrogen-bond donors (Lipinski definition) is 0. The van der Waals surface area contributed by atoms with Crippen LogP contribution in [0.5, 0.6) is 0 Å². The van der Waals surface area contributed by atoms with Crippen LogP contribution in [0.15, 0.2) is 24.3 Å². The first-order chi connectivity index (χ1) is 10.4. The van der Waals surface area contributed by atoms with Crippen molar-refractivity contribution in [1.82, 2.24) is 0 Å². The Morgan fingerprint density at radius 3 is 2.36 bits per heavy atom. The van der Waals surface area contributed by atoms with Crippen LogP contribution in [-0.4, -0.2) is 17.9 Å². The summed E-state index contributed by atoms with van der Waals surface area (Å²) in [7, 11) is 0. The molecular weight excluding hydrogens is 276 g/mol. The molecule has 22 heavy (non-hydrogen) atoms. The number of carbonyl (C=O) groups excluding carboxylic acids is 2. The smallest absolute Gasteiger partial charge is 0.339 e. The second kappa shape index (κ2) is 7.08. The van der Waals surface area contributed by atoms with Gasteiger partial charge in [-0.2, -0.15) is 0 Å². The number of Topliss-reactive ketones (excluding diaryl/α,β-unsaturated/α-hetero) is 1. The highest BCUT2D eigenvalue weighted by Gasteiger charge is 2.34. The molecule has 1 aliphatic rings. The zero-order valence-electron chi connectivity index (χ0n) is 14.0. The minimum Gasteiger partial charge on any atom is -0.458 e. The van der Waals surface area contributed by atoms with E-state index >= 15 is 0 Å². The molecule has 0 heterocycles. The summed E-state index contributed by atoms with van der Waals surface area (Å²) in [5, 5.41) is 0. The van der Waals surface area contributed by atoms with Gasteiger partial charge in [-0.3, -0.25) is 4.79 Å². The molecule has 0 amide bonds. The maximum absolute atomic E-state index is 12.5. The molecule has 1 saturated carbocycles. The molecule has 120 valence electrons. The third kappa shape index (κ3) is 3.76. The van der Waals surface area contributed by atoms with Crippen LogP contribution in [0.1, 0.15) is 67.7 Å². The lowest BCUT2D eigenvalue weighted by Crippen LogP contribution is -2.36. The van der Waals surface area contributed by atoms with Crippen LogP contribution in [0, 0.1) is 17.8 Å². The zero-order chi connectivity index (χ0) is 16.3. The molecule has 3 atom stereocenters. The van der Waals surface area contributed by atoms with Crippen molar-refractivity contribution in [3.63, 3.8) is 0 Å². The number of hydrogen-bond acceptors (Lipinski definition) is 3. The predicted molar refractivity (Wildman–Crippen MR) is 87.0 cm³/mol. The number of ketones is 1. The molecule has 0 saturated heterocycles. The van der Waals surface area contributed by atoms with Gasteiger partial charge in [0.15, 0.2) is 5.78 Å². The average molecular weight is 302 g/mol. The first-order valence-corrected chi connectivity index (χ1v) is 8.21. The summed E-state index contributed by atoms with van der Waals surface area (Å²) < 4.78 is 5.82. The molecule has 1 aromatic carbocycles. The van der Waals surface area contributed by atoms with E-state index in [1.165, 1.54) is 13.3 Å². The van der Waals surface area contributed by atoms with Crippen molar-refractivity contribution in [3.05, 3.63) is 35.4 Å². The average Bonchev–Trinajstić information content (AvgIpc) is 2.46. The zero-order valence-corrected chi connectivity index (χ0v) is 14.0. The summed E-state index contributed by atoms with van der Waals surface area (Å²) in [4.78, 5) is 24.2. The second-order valence-corrected chi connectivity index (χ2v) is 6.87. The van der Waals surface area contributed by atoms with E-state index < -0.39 is 0 Å². The Morgan fingerprint density at radius 2 is 1.77 bits per heavy atom. The van der Waals surface area contributed by atoms with Gasteiger partial charge in [-0.1, -0.05) is 45.4 Å². The largest absolute Gasteiger partial charge is 0.458 e. The number of carbonyl (C=O) groups is 2. The maximum Gasteiger partial charge on any atom is 0.339 e. The van der Waals surface area contributed by atoms with Gasteiger partial charge in [-0.25, -0.2) is 4.79 Å². The Labute approximate surface area is 133 Å². The normalized spacial score (nSPS) is 25.0. The van der Waals surface area contributed by atoms with Gasteiger partial charge in [0, 0.05) is 5.56 Å². The van der Waals surface area contributed by atoms with Gasteiger partial charge in [0.25, 0.3) is 0 Å². The molecule has 3 unspecified atom stereocenters. The van der Waals surface area contributed by atoms with Crippen molar-refractivity contribution in [2.24, 2.45) is 17.8 Å². The fourth-order valence-corrected chi connectivity index (χ4v) is 3.42. The van der Waals surface area contributed by atoms with Crippen LogP contribution in [0.2, 0.25) is 0 Å². The third-order valence-corrected chi connectivity index (χ3v) is 4.75. The second-order valence-electron chi connectivity index (χ2n) is 6.87. The lowest BCUT2D eigenvalue weighted by Gasteiger charge is -2.36. The van der Waals surface area contributed by atoms with E-state index in [4.69, 9.17) is 4.74 Å². The Morgan fingerprint density at radius 1 is 1.14 bits per heavy atom. The molecule has 0 spiro atoms. The van der Waals surface area contributed by atoms with E-state index in [1.807, 2.05) is 0 Å². The highest BCUT2D eigenvalue weighted by Crippen LogP contribution is 2.35. The monoisotopic (exact) mass is 302 g/mol. The van der Waals surface area contributed by atoms with Crippen LogP contribution >= 0.6 is 0 Å². The van der Waals surface area contributed by atoms with Gasteiger partial charge in [0.1, 0.15) is 6.10 Å². The summed E-state index contributed by atoms with van der Waals surface area (Å²) in [5.41, 5.74) is 0.827. The van der Waals surface area contributed by atoms with E-state index in [9.17, 15) is 9.59 Å².